The summed E-state index contributed by atoms with van der Waals surface area (Å²) in [4.78, 5) is 4.97. The van der Waals surface area contributed by atoms with E-state index in [4.69, 9.17) is 0 Å². The largest absolute Gasteiger partial charge is 0.310 e. The molecule has 11 rings (SSSR count). The summed E-state index contributed by atoms with van der Waals surface area (Å²) in [6.45, 7) is 4.80. The van der Waals surface area contributed by atoms with E-state index in [0.717, 1.165) is 18.5 Å². The zero-order valence-electron chi connectivity index (χ0n) is 29.3. The maximum Gasteiger partial charge on any atom is 0.0583 e. The molecule has 3 aliphatic rings. The first-order chi connectivity index (χ1) is 25.6. The minimum absolute atomic E-state index is 0.211. The highest BCUT2D eigenvalue weighted by Crippen LogP contribution is 2.52. The number of anilines is 6. The lowest BCUT2D eigenvalue weighted by Crippen LogP contribution is -2.26. The van der Waals surface area contributed by atoms with Gasteiger partial charge in [-0.15, -0.1) is 0 Å². The van der Waals surface area contributed by atoms with Gasteiger partial charge in [0.1, 0.15) is 0 Å². The van der Waals surface area contributed by atoms with E-state index in [9.17, 15) is 0 Å². The molecule has 7 aromatic carbocycles. The average molecular weight is 668 g/mol. The monoisotopic (exact) mass is 667 g/mol. The van der Waals surface area contributed by atoms with Crippen molar-refractivity contribution in [1.29, 1.82) is 0 Å². The Hall–Kier alpha value is -6.32. The van der Waals surface area contributed by atoms with Gasteiger partial charge in [-0.25, -0.2) is 0 Å². The molecule has 0 bridgehead atoms. The molecule has 0 saturated heterocycles. The summed E-state index contributed by atoms with van der Waals surface area (Å²) < 4.78 is 2.53. The number of aryl methyl sites for hydroxylation is 2. The van der Waals surface area contributed by atoms with Crippen LogP contribution < -0.4 is 9.80 Å². The van der Waals surface area contributed by atoms with Gasteiger partial charge in [0, 0.05) is 38.9 Å². The Labute approximate surface area is 304 Å². The van der Waals surface area contributed by atoms with Crippen molar-refractivity contribution in [2.24, 2.45) is 0 Å². The van der Waals surface area contributed by atoms with Crippen LogP contribution >= 0.6 is 0 Å². The van der Waals surface area contributed by atoms with Crippen LogP contribution in [0.25, 0.3) is 39.6 Å². The first-order valence-corrected chi connectivity index (χ1v) is 18.4. The quantitative estimate of drug-likeness (QED) is 0.182. The molecule has 3 aliphatic heterocycles. The second kappa shape index (κ2) is 10.8. The predicted octanol–water partition coefficient (Wildman–Crippen LogP) is 12.9. The van der Waals surface area contributed by atoms with Crippen LogP contribution in [0.3, 0.4) is 0 Å². The molecule has 0 spiro atoms. The number of hydrogen-bond acceptors (Lipinski definition) is 2. The maximum absolute atomic E-state index is 2.53. The number of aromatic nitrogens is 1. The molecule has 52 heavy (non-hydrogen) atoms. The topological polar surface area (TPSA) is 11.4 Å². The van der Waals surface area contributed by atoms with E-state index in [1.807, 2.05) is 0 Å². The van der Waals surface area contributed by atoms with Gasteiger partial charge in [0.2, 0.25) is 0 Å². The maximum atomic E-state index is 2.53. The number of nitrogens with zero attached hydrogens (tertiary/aromatic N) is 3. The molecule has 0 atom stereocenters. The highest BCUT2D eigenvalue weighted by molar-refractivity contribution is 6.14. The fourth-order valence-corrected chi connectivity index (χ4v) is 9.27. The molecule has 0 amide bonds. The van der Waals surface area contributed by atoms with E-state index in [0.29, 0.717) is 0 Å². The number of rotatable bonds is 2. The Morgan fingerprint density at radius 3 is 1.62 bits per heavy atom. The fourth-order valence-electron chi connectivity index (χ4n) is 9.27. The van der Waals surface area contributed by atoms with Crippen LogP contribution in [0.2, 0.25) is 0 Å². The van der Waals surface area contributed by atoms with Gasteiger partial charge in [0.05, 0.1) is 28.1 Å². The highest BCUT2D eigenvalue weighted by atomic mass is 15.2. The number of fused-ring (bicyclic) bond motifs is 9. The standard InChI is InChI=1S/C49H37N3/c1-49(2)40-17-7-12-22-47(40)52-46-28-27-36(50-42-18-8-3-13-32(42)23-24-33-14-4-9-19-43(33)50)29-38(46)39-30-37(31-41(49)48(39)52)51-44-20-10-5-15-34(44)25-26-35-16-6-11-21-45(35)51/h3-24,27-31H,25-26H2,1-2H3. The second-order valence-electron chi connectivity index (χ2n) is 14.9. The van der Waals surface area contributed by atoms with Crippen molar-refractivity contribution in [2.75, 3.05) is 9.80 Å². The van der Waals surface area contributed by atoms with Gasteiger partial charge < -0.3 is 14.4 Å². The van der Waals surface area contributed by atoms with Gasteiger partial charge in [0.25, 0.3) is 0 Å². The number of benzene rings is 7. The summed E-state index contributed by atoms with van der Waals surface area (Å²) in [6, 6.07) is 56.5. The van der Waals surface area contributed by atoms with E-state index in [-0.39, 0.29) is 5.41 Å². The van der Waals surface area contributed by atoms with Crippen LogP contribution in [-0.4, -0.2) is 4.57 Å². The molecule has 0 N–H and O–H groups in total. The van der Waals surface area contributed by atoms with Gasteiger partial charge in [-0.3, -0.25) is 0 Å². The van der Waals surface area contributed by atoms with E-state index in [2.05, 4.69) is 192 Å². The van der Waals surface area contributed by atoms with Gasteiger partial charge in [0.15, 0.2) is 0 Å². The van der Waals surface area contributed by atoms with Crippen molar-refractivity contribution >= 4 is 68.1 Å². The summed E-state index contributed by atoms with van der Waals surface area (Å²) in [5, 5.41) is 2.53. The summed E-state index contributed by atoms with van der Waals surface area (Å²) >= 11 is 0. The molecule has 0 unspecified atom stereocenters. The molecule has 0 radical (unpaired) electrons. The minimum Gasteiger partial charge on any atom is -0.310 e. The van der Waals surface area contributed by atoms with Gasteiger partial charge >= 0.3 is 0 Å². The van der Waals surface area contributed by atoms with Crippen molar-refractivity contribution in [1.82, 2.24) is 4.57 Å². The lowest BCUT2D eigenvalue weighted by atomic mass is 9.74. The molecular formula is C49H37N3. The average Bonchev–Trinajstić information content (AvgIpc) is 3.29. The minimum atomic E-state index is -0.211. The normalized spacial score (nSPS) is 15.0. The Kier molecular flexibility index (Phi) is 6.13. The van der Waals surface area contributed by atoms with Crippen molar-refractivity contribution in [3.8, 4) is 5.69 Å². The lowest BCUT2D eigenvalue weighted by Gasteiger charge is -2.36. The Morgan fingerprint density at radius 2 is 0.962 bits per heavy atom. The Balaban J connectivity index is 1.24. The van der Waals surface area contributed by atoms with Gasteiger partial charge in [-0.1, -0.05) is 117 Å². The lowest BCUT2D eigenvalue weighted by molar-refractivity contribution is 0.630. The van der Waals surface area contributed by atoms with E-state index in [1.165, 1.54) is 89.3 Å². The molecule has 3 nitrogen and oxygen atoms in total. The van der Waals surface area contributed by atoms with E-state index >= 15 is 0 Å². The third-order valence-electron chi connectivity index (χ3n) is 11.8. The van der Waals surface area contributed by atoms with Crippen LogP contribution in [0.15, 0.2) is 152 Å². The van der Waals surface area contributed by atoms with Gasteiger partial charge in [-0.2, -0.15) is 0 Å². The summed E-state index contributed by atoms with van der Waals surface area (Å²) in [5.41, 5.74) is 18.7. The summed E-state index contributed by atoms with van der Waals surface area (Å²) in [5.74, 6) is 0. The second-order valence-corrected chi connectivity index (χ2v) is 14.9. The first kappa shape index (κ1) is 29.4. The molecule has 248 valence electrons. The summed E-state index contributed by atoms with van der Waals surface area (Å²) in [6.07, 6.45) is 6.53. The molecule has 0 saturated carbocycles. The smallest absolute Gasteiger partial charge is 0.0583 e. The summed E-state index contributed by atoms with van der Waals surface area (Å²) in [7, 11) is 0. The van der Waals surface area contributed by atoms with Crippen molar-refractivity contribution in [3.63, 3.8) is 0 Å². The first-order valence-electron chi connectivity index (χ1n) is 18.4. The van der Waals surface area contributed by atoms with Crippen molar-refractivity contribution < 1.29 is 0 Å². The Bertz CT molecular complexity index is 2700. The number of para-hydroxylation sites is 5. The molecule has 1 aromatic heterocycles. The molecule has 4 heterocycles. The molecule has 8 aromatic rings. The molecule has 0 fully saturated rings. The third-order valence-corrected chi connectivity index (χ3v) is 11.8. The molecular weight excluding hydrogens is 631 g/mol. The van der Waals surface area contributed by atoms with Crippen LogP contribution in [0.1, 0.15) is 47.2 Å². The van der Waals surface area contributed by atoms with Crippen molar-refractivity contribution in [2.45, 2.75) is 32.1 Å². The highest BCUT2D eigenvalue weighted by Gasteiger charge is 2.37. The zero-order valence-corrected chi connectivity index (χ0v) is 29.3. The molecule has 3 heteroatoms. The van der Waals surface area contributed by atoms with E-state index < -0.39 is 0 Å². The van der Waals surface area contributed by atoms with E-state index in [1.54, 1.807) is 0 Å². The van der Waals surface area contributed by atoms with Crippen LogP contribution in [0.4, 0.5) is 34.1 Å². The molecule has 0 aliphatic carbocycles. The fraction of sp³-hybridized carbons (Fsp3) is 0.102. The van der Waals surface area contributed by atoms with Crippen LogP contribution in [0, 0.1) is 0 Å². The zero-order chi connectivity index (χ0) is 34.6. The Morgan fingerprint density at radius 1 is 0.442 bits per heavy atom. The van der Waals surface area contributed by atoms with Crippen LogP contribution in [-0.2, 0) is 18.3 Å². The predicted molar refractivity (Wildman–Crippen MR) is 219 cm³/mol. The number of hydrogen-bond donors (Lipinski definition) is 0. The third kappa shape index (κ3) is 4.08. The van der Waals surface area contributed by atoms with Crippen LogP contribution in [0.5, 0.6) is 0 Å². The van der Waals surface area contributed by atoms with Crippen molar-refractivity contribution in [3.05, 3.63) is 185 Å². The van der Waals surface area contributed by atoms with Gasteiger partial charge in [-0.05, 0) is 107 Å². The SMILES string of the molecule is CC1(C)c2ccccc2-n2c3ccc(N4c5ccccc5C=Cc5ccccc54)cc3c3cc(N4c5ccccc5CCc5ccccc54)cc1c32.